The lowest BCUT2D eigenvalue weighted by atomic mass is 10.1. The van der Waals surface area contributed by atoms with Gasteiger partial charge in [0.1, 0.15) is 18.3 Å². The molecule has 0 bridgehead atoms. The Kier molecular flexibility index (Phi) is 11.3. The van der Waals surface area contributed by atoms with E-state index in [2.05, 4.69) is 5.32 Å². The first-order valence-electron chi connectivity index (χ1n) is 15.2. The average molecular weight is 638 g/mol. The zero-order valence-electron chi connectivity index (χ0n) is 26.6. The highest BCUT2D eigenvalue weighted by molar-refractivity contribution is 7.92. The summed E-state index contributed by atoms with van der Waals surface area (Å²) in [5, 5.41) is 3.13. The van der Waals surface area contributed by atoms with Crippen molar-refractivity contribution in [3.05, 3.63) is 77.9 Å². The standard InChI is InChI=1S/C34H43N3O7S/c1-6-30(34(39)35-26-9-7-8-10-26)36(22-25-13-16-28(42-3)17-14-25)33(38)23-37(27-15-20-31(43-4)32(21-27)44-5)45(40,41)29-18-11-24(2)12-19-29/h11-21,26,30H,6-10,22-23H2,1-5H3,(H,35,39)/t30-/m0/s1. The molecule has 0 heterocycles. The third kappa shape index (κ3) is 8.08. The van der Waals surface area contributed by atoms with E-state index in [0.717, 1.165) is 41.1 Å². The largest absolute Gasteiger partial charge is 0.497 e. The number of ether oxygens (including phenoxy) is 3. The van der Waals surface area contributed by atoms with Crippen LogP contribution in [-0.2, 0) is 26.2 Å². The molecule has 3 aromatic rings. The van der Waals surface area contributed by atoms with E-state index in [1.54, 1.807) is 43.5 Å². The fourth-order valence-electron chi connectivity index (χ4n) is 5.56. The van der Waals surface area contributed by atoms with Gasteiger partial charge < -0.3 is 24.4 Å². The Morgan fingerprint density at radius 2 is 1.53 bits per heavy atom. The van der Waals surface area contributed by atoms with Crippen molar-refractivity contribution in [2.75, 3.05) is 32.2 Å². The summed E-state index contributed by atoms with van der Waals surface area (Å²) in [5.74, 6) is 0.613. The smallest absolute Gasteiger partial charge is 0.264 e. The molecule has 0 radical (unpaired) electrons. The van der Waals surface area contributed by atoms with Gasteiger partial charge in [-0.25, -0.2) is 8.42 Å². The fraction of sp³-hybridized carbons (Fsp3) is 0.412. The summed E-state index contributed by atoms with van der Waals surface area (Å²) in [4.78, 5) is 29.5. The van der Waals surface area contributed by atoms with Crippen LogP contribution in [0.1, 0.15) is 50.2 Å². The molecular formula is C34H43N3O7S. The van der Waals surface area contributed by atoms with Gasteiger partial charge in [0.2, 0.25) is 11.8 Å². The predicted octanol–water partition coefficient (Wildman–Crippen LogP) is 5.08. The topological polar surface area (TPSA) is 114 Å². The molecule has 45 heavy (non-hydrogen) atoms. The van der Waals surface area contributed by atoms with Crippen LogP contribution in [0.2, 0.25) is 0 Å². The highest BCUT2D eigenvalue weighted by Gasteiger charge is 2.35. The zero-order chi connectivity index (χ0) is 32.6. The Hall–Kier alpha value is -4.25. The van der Waals surface area contributed by atoms with Crippen LogP contribution >= 0.6 is 0 Å². The van der Waals surface area contributed by atoms with E-state index < -0.39 is 28.5 Å². The molecule has 1 aliphatic carbocycles. The number of anilines is 1. The van der Waals surface area contributed by atoms with Gasteiger partial charge in [-0.3, -0.25) is 13.9 Å². The Bertz CT molecular complexity index is 1550. The summed E-state index contributed by atoms with van der Waals surface area (Å²) >= 11 is 0. The monoisotopic (exact) mass is 637 g/mol. The lowest BCUT2D eigenvalue weighted by Gasteiger charge is -2.34. The molecule has 1 saturated carbocycles. The van der Waals surface area contributed by atoms with Gasteiger partial charge in [-0.05, 0) is 68.1 Å². The second-order valence-corrected chi connectivity index (χ2v) is 13.0. The van der Waals surface area contributed by atoms with E-state index in [4.69, 9.17) is 14.2 Å². The minimum atomic E-state index is -4.22. The maximum atomic E-state index is 14.4. The van der Waals surface area contributed by atoms with E-state index in [0.29, 0.717) is 23.7 Å². The molecule has 1 aliphatic rings. The van der Waals surface area contributed by atoms with Crippen molar-refractivity contribution in [3.63, 3.8) is 0 Å². The number of benzene rings is 3. The van der Waals surface area contributed by atoms with Crippen LogP contribution < -0.4 is 23.8 Å². The van der Waals surface area contributed by atoms with Crippen molar-refractivity contribution in [2.45, 2.75) is 69.5 Å². The Morgan fingerprint density at radius 3 is 2.11 bits per heavy atom. The minimum absolute atomic E-state index is 0.0309. The molecular weight excluding hydrogens is 594 g/mol. The van der Waals surface area contributed by atoms with E-state index in [1.807, 2.05) is 26.0 Å². The molecule has 3 aromatic carbocycles. The van der Waals surface area contributed by atoms with Crippen LogP contribution in [0.5, 0.6) is 17.2 Å². The summed E-state index contributed by atoms with van der Waals surface area (Å²) in [6.45, 7) is 3.27. The molecule has 0 aromatic heterocycles. The van der Waals surface area contributed by atoms with Gasteiger partial charge in [-0.15, -0.1) is 0 Å². The Labute approximate surface area is 266 Å². The number of hydrogen-bond donors (Lipinski definition) is 1. The molecule has 0 saturated heterocycles. The molecule has 11 heteroatoms. The van der Waals surface area contributed by atoms with Crippen LogP contribution in [0.4, 0.5) is 5.69 Å². The molecule has 2 amide bonds. The fourth-order valence-corrected chi connectivity index (χ4v) is 6.97. The maximum Gasteiger partial charge on any atom is 0.264 e. The second kappa shape index (κ2) is 15.2. The number of aryl methyl sites for hydroxylation is 1. The number of methoxy groups -OCH3 is 3. The summed E-state index contributed by atoms with van der Waals surface area (Å²) in [6.07, 6.45) is 4.25. The van der Waals surface area contributed by atoms with Crippen LogP contribution in [-0.4, -0.2) is 65.1 Å². The number of nitrogens with one attached hydrogen (secondary N) is 1. The highest BCUT2D eigenvalue weighted by Crippen LogP contribution is 2.34. The molecule has 0 unspecified atom stereocenters. The molecule has 1 atom stereocenters. The number of rotatable bonds is 14. The average Bonchev–Trinajstić information content (AvgIpc) is 3.56. The number of carbonyl (C=O) groups excluding carboxylic acids is 2. The van der Waals surface area contributed by atoms with Crippen molar-refractivity contribution >= 4 is 27.5 Å². The first-order valence-corrected chi connectivity index (χ1v) is 16.6. The zero-order valence-corrected chi connectivity index (χ0v) is 27.4. The molecule has 1 N–H and O–H groups in total. The number of sulfonamides is 1. The van der Waals surface area contributed by atoms with Crippen molar-refractivity contribution in [1.29, 1.82) is 0 Å². The Morgan fingerprint density at radius 1 is 0.889 bits per heavy atom. The second-order valence-electron chi connectivity index (χ2n) is 11.1. The van der Waals surface area contributed by atoms with Crippen molar-refractivity contribution in [2.24, 2.45) is 0 Å². The number of amides is 2. The number of hydrogen-bond acceptors (Lipinski definition) is 7. The van der Waals surface area contributed by atoms with Crippen molar-refractivity contribution in [1.82, 2.24) is 10.2 Å². The maximum absolute atomic E-state index is 14.4. The third-order valence-corrected chi connectivity index (χ3v) is 9.93. The van der Waals surface area contributed by atoms with E-state index in [-0.39, 0.29) is 29.1 Å². The van der Waals surface area contributed by atoms with Crippen LogP contribution in [0.15, 0.2) is 71.6 Å². The Balaban J connectivity index is 1.75. The molecule has 10 nitrogen and oxygen atoms in total. The number of nitrogens with zero attached hydrogens (tertiary/aromatic N) is 2. The van der Waals surface area contributed by atoms with Gasteiger partial charge in [-0.1, -0.05) is 49.6 Å². The predicted molar refractivity (Wildman–Crippen MR) is 173 cm³/mol. The van der Waals surface area contributed by atoms with E-state index in [1.165, 1.54) is 37.3 Å². The SMILES string of the molecule is CC[C@@H](C(=O)NC1CCCC1)N(Cc1ccc(OC)cc1)C(=O)CN(c1ccc(OC)c(OC)c1)S(=O)(=O)c1ccc(C)cc1. The van der Waals surface area contributed by atoms with Gasteiger partial charge in [0, 0.05) is 18.7 Å². The van der Waals surface area contributed by atoms with Crippen molar-refractivity contribution in [3.8, 4) is 17.2 Å². The first-order chi connectivity index (χ1) is 21.6. The number of carbonyl (C=O) groups is 2. The molecule has 0 aliphatic heterocycles. The lowest BCUT2D eigenvalue weighted by molar-refractivity contribution is -0.140. The van der Waals surface area contributed by atoms with Gasteiger partial charge >= 0.3 is 0 Å². The van der Waals surface area contributed by atoms with Gasteiger partial charge in [0.25, 0.3) is 10.0 Å². The van der Waals surface area contributed by atoms with Crippen LogP contribution in [0.25, 0.3) is 0 Å². The van der Waals surface area contributed by atoms with Crippen molar-refractivity contribution < 1.29 is 32.2 Å². The van der Waals surface area contributed by atoms with Gasteiger partial charge in [0.15, 0.2) is 11.5 Å². The summed E-state index contributed by atoms with van der Waals surface area (Å²) in [6, 6.07) is 17.6. The van der Waals surface area contributed by atoms with Gasteiger partial charge in [0.05, 0.1) is 31.9 Å². The first kappa shape index (κ1) is 33.6. The van der Waals surface area contributed by atoms with Gasteiger partial charge in [-0.2, -0.15) is 0 Å². The lowest BCUT2D eigenvalue weighted by Crippen LogP contribution is -2.53. The van der Waals surface area contributed by atoms with E-state index >= 15 is 0 Å². The summed E-state index contributed by atoms with van der Waals surface area (Å²) in [7, 11) is 0.289. The molecule has 242 valence electrons. The third-order valence-electron chi connectivity index (χ3n) is 8.14. The molecule has 4 rings (SSSR count). The molecule has 0 spiro atoms. The van der Waals surface area contributed by atoms with Crippen LogP contribution in [0, 0.1) is 6.92 Å². The highest BCUT2D eigenvalue weighted by atomic mass is 32.2. The summed E-state index contributed by atoms with van der Waals surface area (Å²) < 4.78 is 45.5. The van der Waals surface area contributed by atoms with E-state index in [9.17, 15) is 18.0 Å². The summed E-state index contributed by atoms with van der Waals surface area (Å²) in [5.41, 5.74) is 1.89. The van der Waals surface area contributed by atoms with Crippen LogP contribution in [0.3, 0.4) is 0 Å². The minimum Gasteiger partial charge on any atom is -0.497 e. The molecule has 1 fully saturated rings. The normalized spacial score (nSPS) is 14.0. The quantitative estimate of drug-likeness (QED) is 0.262.